The van der Waals surface area contributed by atoms with Crippen molar-refractivity contribution < 1.29 is 0 Å². The van der Waals surface area contributed by atoms with Gasteiger partial charge in [-0.15, -0.1) is 0 Å². The van der Waals surface area contributed by atoms with Crippen molar-refractivity contribution in [2.24, 2.45) is 0 Å². The molecule has 6 aromatic carbocycles. The molecular weight excluding hydrogens is 579 g/mol. The van der Waals surface area contributed by atoms with E-state index in [1.807, 2.05) is 0 Å². The SMILES string of the molecule is C1=CCCCC(c2c(-c3ccccc3)c(-c3ccccc3)c(-c3ccccc3)c3c2=CC(N(c2ccccc2)c2ccccc2)CC=3)=C1. The number of rotatable bonds is 7. The third kappa shape index (κ3) is 5.73. The van der Waals surface area contributed by atoms with E-state index in [-0.39, 0.29) is 6.04 Å². The van der Waals surface area contributed by atoms with Crippen molar-refractivity contribution >= 4 is 29.1 Å². The van der Waals surface area contributed by atoms with E-state index in [0.29, 0.717) is 0 Å². The standard InChI is InChI=1S/C47H39N/c1-2-9-21-36(20-8-1)45-43-34-41(48(39-28-16-6-17-29-39)40-30-18-7-19-31-40)32-33-42(43)44(35-22-10-3-11-23-35)46(37-24-12-4-13-25-37)47(45)38-26-14-5-15-27-38/h1,3-8,10-20,22-31,33-34,41H,2,9,21,32H2. The first kappa shape index (κ1) is 29.7. The number of anilines is 2. The summed E-state index contributed by atoms with van der Waals surface area (Å²) in [6.45, 7) is 0. The van der Waals surface area contributed by atoms with Crippen LogP contribution in [0.4, 0.5) is 11.4 Å². The molecule has 0 amide bonds. The molecule has 0 aliphatic heterocycles. The highest BCUT2D eigenvalue weighted by Gasteiger charge is 2.27. The van der Waals surface area contributed by atoms with Crippen LogP contribution in [0.25, 0.3) is 51.1 Å². The fourth-order valence-electron chi connectivity index (χ4n) is 7.57. The summed E-state index contributed by atoms with van der Waals surface area (Å²) < 4.78 is 0. The summed E-state index contributed by atoms with van der Waals surface area (Å²) in [7, 11) is 0. The highest BCUT2D eigenvalue weighted by Crippen LogP contribution is 2.43. The summed E-state index contributed by atoms with van der Waals surface area (Å²) in [5.41, 5.74) is 12.9. The fraction of sp³-hybridized carbons (Fsp3) is 0.106. The zero-order valence-electron chi connectivity index (χ0n) is 27.2. The van der Waals surface area contributed by atoms with Crippen molar-refractivity contribution in [1.82, 2.24) is 0 Å². The number of nitrogens with zero attached hydrogens (tertiary/aromatic N) is 1. The van der Waals surface area contributed by atoms with E-state index >= 15 is 0 Å². The first-order chi connectivity index (χ1) is 23.9. The van der Waals surface area contributed by atoms with Gasteiger partial charge in [0, 0.05) is 11.4 Å². The Balaban J connectivity index is 1.53. The molecule has 0 bridgehead atoms. The van der Waals surface area contributed by atoms with Gasteiger partial charge in [0.15, 0.2) is 0 Å². The van der Waals surface area contributed by atoms with E-state index in [0.717, 1.165) is 25.7 Å². The maximum Gasteiger partial charge on any atom is 0.0566 e. The van der Waals surface area contributed by atoms with Crippen LogP contribution in [0.1, 0.15) is 31.2 Å². The van der Waals surface area contributed by atoms with Crippen molar-refractivity contribution in [2.75, 3.05) is 4.90 Å². The van der Waals surface area contributed by atoms with Gasteiger partial charge in [0.2, 0.25) is 0 Å². The second-order valence-electron chi connectivity index (χ2n) is 12.7. The van der Waals surface area contributed by atoms with Crippen LogP contribution in [-0.4, -0.2) is 6.04 Å². The predicted molar refractivity (Wildman–Crippen MR) is 205 cm³/mol. The average molecular weight is 618 g/mol. The molecule has 0 heterocycles. The van der Waals surface area contributed by atoms with Gasteiger partial charge < -0.3 is 4.90 Å². The Hall–Kier alpha value is -5.66. The third-order valence-corrected chi connectivity index (χ3v) is 9.66. The second-order valence-corrected chi connectivity index (χ2v) is 12.7. The van der Waals surface area contributed by atoms with E-state index < -0.39 is 0 Å². The zero-order chi connectivity index (χ0) is 32.1. The van der Waals surface area contributed by atoms with Crippen molar-refractivity contribution in [3.05, 3.63) is 186 Å². The summed E-state index contributed by atoms with van der Waals surface area (Å²) >= 11 is 0. The molecule has 6 aromatic rings. The molecule has 232 valence electrons. The lowest BCUT2D eigenvalue weighted by molar-refractivity contribution is 0.836. The topological polar surface area (TPSA) is 3.24 Å². The summed E-state index contributed by atoms with van der Waals surface area (Å²) in [6.07, 6.45) is 16.3. The van der Waals surface area contributed by atoms with Crippen molar-refractivity contribution in [1.29, 1.82) is 0 Å². The number of fused-ring (bicyclic) bond motifs is 1. The first-order valence-corrected chi connectivity index (χ1v) is 17.2. The molecule has 1 nitrogen and oxygen atoms in total. The molecule has 2 aliphatic carbocycles. The molecule has 48 heavy (non-hydrogen) atoms. The number of benzene rings is 6. The number of para-hydroxylation sites is 2. The van der Waals surface area contributed by atoms with Crippen LogP contribution < -0.4 is 15.3 Å². The Kier molecular flexibility index (Phi) is 8.42. The van der Waals surface area contributed by atoms with Gasteiger partial charge in [0.05, 0.1) is 6.04 Å². The Morgan fingerprint density at radius 1 is 0.479 bits per heavy atom. The predicted octanol–water partition coefficient (Wildman–Crippen LogP) is 11.0. The van der Waals surface area contributed by atoms with Gasteiger partial charge in [-0.2, -0.15) is 0 Å². The van der Waals surface area contributed by atoms with E-state index in [1.54, 1.807) is 0 Å². The van der Waals surface area contributed by atoms with Gasteiger partial charge in [0.1, 0.15) is 0 Å². The molecule has 0 N–H and O–H groups in total. The van der Waals surface area contributed by atoms with Crippen LogP contribution in [-0.2, 0) is 0 Å². The fourth-order valence-corrected chi connectivity index (χ4v) is 7.57. The lowest BCUT2D eigenvalue weighted by Gasteiger charge is -2.34. The zero-order valence-corrected chi connectivity index (χ0v) is 27.2. The molecule has 1 heteroatoms. The molecule has 0 spiro atoms. The van der Waals surface area contributed by atoms with Crippen LogP contribution in [0.15, 0.2) is 170 Å². The minimum Gasteiger partial charge on any atom is -0.334 e. The second kappa shape index (κ2) is 13.6. The van der Waals surface area contributed by atoms with Crippen molar-refractivity contribution in [3.63, 3.8) is 0 Å². The van der Waals surface area contributed by atoms with Crippen molar-refractivity contribution in [3.8, 4) is 33.4 Å². The van der Waals surface area contributed by atoms with E-state index in [4.69, 9.17) is 0 Å². The minimum atomic E-state index is 0.137. The molecule has 1 atom stereocenters. The third-order valence-electron chi connectivity index (χ3n) is 9.66. The van der Waals surface area contributed by atoms with Crippen molar-refractivity contribution in [2.45, 2.75) is 31.7 Å². The average Bonchev–Trinajstić information content (AvgIpc) is 3.45. The Morgan fingerprint density at radius 3 is 1.50 bits per heavy atom. The van der Waals surface area contributed by atoms with Crippen LogP contribution in [0, 0.1) is 0 Å². The van der Waals surface area contributed by atoms with Gasteiger partial charge >= 0.3 is 0 Å². The van der Waals surface area contributed by atoms with Gasteiger partial charge in [0.25, 0.3) is 0 Å². The molecule has 1 unspecified atom stereocenters. The number of hydrogen-bond acceptors (Lipinski definition) is 1. The molecule has 0 saturated heterocycles. The van der Waals surface area contributed by atoms with Gasteiger partial charge in [-0.1, -0.05) is 158 Å². The smallest absolute Gasteiger partial charge is 0.0566 e. The number of allylic oxidation sites excluding steroid dienone is 4. The van der Waals surface area contributed by atoms with Crippen LogP contribution >= 0.6 is 0 Å². The molecule has 0 saturated carbocycles. The van der Waals surface area contributed by atoms with Crippen LogP contribution in [0.2, 0.25) is 0 Å². The maximum atomic E-state index is 2.58. The van der Waals surface area contributed by atoms with Gasteiger partial charge in [-0.05, 0) is 105 Å². The molecule has 0 aromatic heterocycles. The number of hydrogen-bond donors (Lipinski definition) is 0. The molecule has 0 fully saturated rings. The van der Waals surface area contributed by atoms with Gasteiger partial charge in [-0.25, -0.2) is 0 Å². The lowest BCUT2D eigenvalue weighted by atomic mass is 9.78. The quantitative estimate of drug-likeness (QED) is 0.172. The Bertz CT molecular complexity index is 2160. The lowest BCUT2D eigenvalue weighted by Crippen LogP contribution is -2.41. The van der Waals surface area contributed by atoms with Crippen LogP contribution in [0.3, 0.4) is 0 Å². The van der Waals surface area contributed by atoms with Crippen LogP contribution in [0.5, 0.6) is 0 Å². The summed E-state index contributed by atoms with van der Waals surface area (Å²) in [5, 5.41) is 2.67. The Morgan fingerprint density at radius 2 is 0.958 bits per heavy atom. The molecular formula is C47H39N. The summed E-state index contributed by atoms with van der Waals surface area (Å²) in [6, 6.07) is 55.0. The molecule has 2 aliphatic rings. The summed E-state index contributed by atoms with van der Waals surface area (Å²) in [5.74, 6) is 0. The van der Waals surface area contributed by atoms with E-state index in [1.165, 1.54) is 66.3 Å². The molecule has 8 rings (SSSR count). The minimum absolute atomic E-state index is 0.137. The summed E-state index contributed by atoms with van der Waals surface area (Å²) in [4.78, 5) is 2.51. The first-order valence-electron chi connectivity index (χ1n) is 17.2. The van der Waals surface area contributed by atoms with E-state index in [2.05, 4.69) is 187 Å². The Labute approximate surface area is 284 Å². The monoisotopic (exact) mass is 617 g/mol. The molecule has 0 radical (unpaired) electrons. The largest absolute Gasteiger partial charge is 0.334 e. The highest BCUT2D eigenvalue weighted by molar-refractivity contribution is 6.01. The maximum absolute atomic E-state index is 2.58. The highest BCUT2D eigenvalue weighted by atomic mass is 15.2. The normalized spacial score (nSPS) is 15.3. The van der Waals surface area contributed by atoms with Gasteiger partial charge in [-0.3, -0.25) is 0 Å². The van der Waals surface area contributed by atoms with E-state index in [9.17, 15) is 0 Å².